The van der Waals surface area contributed by atoms with Gasteiger partial charge in [0.15, 0.2) is 6.20 Å². The summed E-state index contributed by atoms with van der Waals surface area (Å²) in [6.45, 7) is 0. The van der Waals surface area contributed by atoms with E-state index in [1.807, 2.05) is 12.1 Å². The van der Waals surface area contributed by atoms with Gasteiger partial charge in [-0.3, -0.25) is 0 Å². The number of pyridine rings is 2. The zero-order valence-corrected chi connectivity index (χ0v) is 13.5. The number of rotatable bonds is 3. The van der Waals surface area contributed by atoms with Crippen LogP contribution in [0.4, 0.5) is 0 Å². The van der Waals surface area contributed by atoms with E-state index in [9.17, 15) is 0 Å². The summed E-state index contributed by atoms with van der Waals surface area (Å²) in [4.78, 5) is 0. The van der Waals surface area contributed by atoms with Crippen LogP contribution in [-0.2, 0) is 0 Å². The number of methoxy groups -OCH3 is 1. The number of fused-ring (bicyclic) bond motifs is 3. The maximum absolute atomic E-state index is 5.20. The fourth-order valence-electron chi connectivity index (χ4n) is 2.99. The van der Waals surface area contributed by atoms with Crippen LogP contribution in [-0.4, -0.2) is 7.11 Å². The van der Waals surface area contributed by atoms with Crippen LogP contribution in [0.25, 0.3) is 28.4 Å². The van der Waals surface area contributed by atoms with Crippen molar-refractivity contribution in [2.45, 2.75) is 0 Å². The molecule has 2 aromatic heterocycles. The second-order valence-electron chi connectivity index (χ2n) is 5.72. The quantitative estimate of drug-likeness (QED) is 0.393. The molecule has 0 saturated heterocycles. The van der Waals surface area contributed by atoms with Gasteiger partial charge in [0.05, 0.1) is 12.5 Å². The molecule has 0 aliphatic rings. The summed E-state index contributed by atoms with van der Waals surface area (Å²) in [5, 5.41) is 2.52. The van der Waals surface area contributed by atoms with Crippen molar-refractivity contribution >= 4 is 28.4 Å². The van der Waals surface area contributed by atoms with Gasteiger partial charge in [-0.25, -0.2) is 0 Å². The molecule has 2 nitrogen and oxygen atoms in total. The number of benzene rings is 2. The molecule has 2 aromatic carbocycles. The van der Waals surface area contributed by atoms with Crippen LogP contribution < -0.4 is 9.14 Å². The van der Waals surface area contributed by atoms with Crippen molar-refractivity contribution in [3.05, 3.63) is 90.3 Å². The Morgan fingerprint density at radius 2 is 1.62 bits per heavy atom. The number of nitrogens with zero attached hydrogens (tertiary/aromatic N) is 1. The highest BCUT2D eigenvalue weighted by Crippen LogP contribution is 2.18. The van der Waals surface area contributed by atoms with Crippen LogP contribution in [0.3, 0.4) is 0 Å². The van der Waals surface area contributed by atoms with Gasteiger partial charge >= 0.3 is 0 Å². The Labute approximate surface area is 141 Å². The number of hydrogen-bond acceptors (Lipinski definition) is 1. The fraction of sp³-hybridized carbons (Fsp3) is 0.0455. The average molecular weight is 312 g/mol. The third kappa shape index (κ3) is 2.63. The molecular weight excluding hydrogens is 294 g/mol. The molecule has 0 atom stereocenters. The van der Waals surface area contributed by atoms with Gasteiger partial charge in [-0.05, 0) is 41.3 Å². The number of aromatic nitrogens is 1. The van der Waals surface area contributed by atoms with Crippen LogP contribution >= 0.6 is 0 Å². The van der Waals surface area contributed by atoms with E-state index >= 15 is 0 Å². The van der Waals surface area contributed by atoms with Gasteiger partial charge in [0, 0.05) is 24.3 Å². The SMILES string of the molecule is COc1ccc(/C=C/c2cccc3c4ccccc4cc[n+]23)cc1. The Kier molecular flexibility index (Phi) is 3.72. The summed E-state index contributed by atoms with van der Waals surface area (Å²) in [6, 6.07) is 25.1. The zero-order valence-electron chi connectivity index (χ0n) is 13.5. The summed E-state index contributed by atoms with van der Waals surface area (Å²) in [5.41, 5.74) is 3.51. The van der Waals surface area contributed by atoms with E-state index in [4.69, 9.17) is 4.74 Å². The molecule has 2 heteroatoms. The van der Waals surface area contributed by atoms with Crippen LogP contribution in [0.15, 0.2) is 79.0 Å². The first-order valence-electron chi connectivity index (χ1n) is 7.99. The summed E-state index contributed by atoms with van der Waals surface area (Å²) in [5.74, 6) is 0.873. The van der Waals surface area contributed by atoms with Gasteiger partial charge < -0.3 is 4.74 Å². The van der Waals surface area contributed by atoms with Crippen molar-refractivity contribution in [1.82, 2.24) is 0 Å². The molecule has 0 radical (unpaired) electrons. The van der Waals surface area contributed by atoms with E-state index in [0.717, 1.165) is 17.0 Å². The first kappa shape index (κ1) is 14.5. The highest BCUT2D eigenvalue weighted by atomic mass is 16.5. The second-order valence-corrected chi connectivity index (χ2v) is 5.72. The Morgan fingerprint density at radius 1 is 0.792 bits per heavy atom. The van der Waals surface area contributed by atoms with Crippen LogP contribution in [0, 0.1) is 0 Å². The van der Waals surface area contributed by atoms with Gasteiger partial charge in [0.1, 0.15) is 5.75 Å². The highest BCUT2D eigenvalue weighted by Gasteiger charge is 2.10. The molecule has 0 amide bonds. The van der Waals surface area contributed by atoms with Crippen LogP contribution in [0.5, 0.6) is 5.75 Å². The van der Waals surface area contributed by atoms with Gasteiger partial charge in [-0.2, -0.15) is 4.40 Å². The first-order valence-corrected chi connectivity index (χ1v) is 7.99. The fourth-order valence-corrected chi connectivity index (χ4v) is 2.99. The molecule has 0 N–H and O–H groups in total. The topological polar surface area (TPSA) is 13.3 Å². The molecule has 0 saturated carbocycles. The Morgan fingerprint density at radius 3 is 2.46 bits per heavy atom. The monoisotopic (exact) mass is 312 g/mol. The minimum atomic E-state index is 0.873. The van der Waals surface area contributed by atoms with Crippen molar-refractivity contribution in [2.24, 2.45) is 0 Å². The van der Waals surface area contributed by atoms with E-state index in [-0.39, 0.29) is 0 Å². The molecule has 0 spiro atoms. The van der Waals surface area contributed by atoms with E-state index in [2.05, 4.69) is 83.4 Å². The summed E-state index contributed by atoms with van der Waals surface area (Å²) in [6.07, 6.45) is 6.39. The molecule has 0 fully saturated rings. The second kappa shape index (κ2) is 6.17. The molecule has 116 valence electrons. The molecule has 24 heavy (non-hydrogen) atoms. The van der Waals surface area contributed by atoms with Crippen LogP contribution in [0.2, 0.25) is 0 Å². The smallest absolute Gasteiger partial charge is 0.219 e. The first-order chi connectivity index (χ1) is 11.8. The normalized spacial score (nSPS) is 11.4. The highest BCUT2D eigenvalue weighted by molar-refractivity contribution is 5.93. The maximum atomic E-state index is 5.20. The van der Waals surface area contributed by atoms with Gasteiger partial charge in [-0.1, -0.05) is 30.3 Å². The average Bonchev–Trinajstić information content (AvgIpc) is 2.66. The minimum absolute atomic E-state index is 0.873. The van der Waals surface area contributed by atoms with E-state index in [1.165, 1.54) is 16.3 Å². The number of ether oxygens (including phenoxy) is 1. The van der Waals surface area contributed by atoms with Gasteiger partial charge in [0.25, 0.3) is 0 Å². The Balaban J connectivity index is 1.78. The maximum Gasteiger partial charge on any atom is 0.219 e. The lowest BCUT2D eigenvalue weighted by molar-refractivity contribution is -0.513. The Hall–Kier alpha value is -3.13. The van der Waals surface area contributed by atoms with Crippen molar-refractivity contribution < 1.29 is 9.14 Å². The lowest BCUT2D eigenvalue weighted by Gasteiger charge is -2.01. The lowest BCUT2D eigenvalue weighted by atomic mass is 10.1. The zero-order chi connectivity index (χ0) is 16.4. The molecule has 2 heterocycles. The minimum Gasteiger partial charge on any atom is -0.497 e. The molecule has 0 unspecified atom stereocenters. The predicted octanol–water partition coefficient (Wildman–Crippen LogP) is 4.76. The molecule has 4 aromatic rings. The van der Waals surface area contributed by atoms with Crippen molar-refractivity contribution in [3.8, 4) is 5.75 Å². The molecule has 0 bridgehead atoms. The largest absolute Gasteiger partial charge is 0.497 e. The van der Waals surface area contributed by atoms with E-state index < -0.39 is 0 Å². The Bertz CT molecular complexity index is 1030. The lowest BCUT2D eigenvalue weighted by Crippen LogP contribution is -2.25. The van der Waals surface area contributed by atoms with Crippen LogP contribution in [0.1, 0.15) is 11.3 Å². The molecular formula is C22H18NO+. The van der Waals surface area contributed by atoms with E-state index in [0.29, 0.717) is 0 Å². The van der Waals surface area contributed by atoms with Crippen molar-refractivity contribution in [2.75, 3.05) is 7.11 Å². The summed E-state index contributed by atoms with van der Waals surface area (Å²) in [7, 11) is 1.68. The van der Waals surface area contributed by atoms with E-state index in [1.54, 1.807) is 7.11 Å². The summed E-state index contributed by atoms with van der Waals surface area (Å²) < 4.78 is 7.43. The molecule has 0 aliphatic carbocycles. The third-order valence-corrected chi connectivity index (χ3v) is 4.26. The molecule has 0 aliphatic heterocycles. The summed E-state index contributed by atoms with van der Waals surface area (Å²) >= 11 is 0. The van der Waals surface area contributed by atoms with Crippen molar-refractivity contribution in [1.29, 1.82) is 0 Å². The van der Waals surface area contributed by atoms with Gasteiger partial charge in [-0.15, -0.1) is 0 Å². The molecule has 4 rings (SSSR count). The standard InChI is InChI=1S/C22H18NO/c1-24-20-13-10-17(11-14-20)9-12-19-6-4-8-22-21-7-3-2-5-18(21)15-16-23(19)22/h2-16H,1H3/q+1/b12-9+. The third-order valence-electron chi connectivity index (χ3n) is 4.26. The van der Waals surface area contributed by atoms with Crippen molar-refractivity contribution in [3.63, 3.8) is 0 Å². The predicted molar refractivity (Wildman–Crippen MR) is 99.0 cm³/mol. The number of hydrogen-bond donors (Lipinski definition) is 0. The van der Waals surface area contributed by atoms with Gasteiger partial charge in [0.2, 0.25) is 11.2 Å².